The van der Waals surface area contributed by atoms with Crippen LogP contribution in [0, 0.1) is 0 Å². The van der Waals surface area contributed by atoms with Crippen molar-refractivity contribution < 1.29 is 19.7 Å². The third-order valence-electron chi connectivity index (χ3n) is 3.51. The number of aromatic hydroxyl groups is 1. The fraction of sp³-hybridized carbons (Fsp3) is 0.250. The van der Waals surface area contributed by atoms with E-state index < -0.39 is 5.78 Å². The molecule has 8 nitrogen and oxygen atoms in total. The van der Waals surface area contributed by atoms with E-state index in [2.05, 4.69) is 15.1 Å². The number of carbonyl (C=O) groups is 1. The number of carbonyl (C=O) groups excluding carboxylic acids is 1. The number of benzene rings is 1. The molecular weight excluding hydrogens is 312 g/mol. The molecule has 0 fully saturated rings. The highest BCUT2D eigenvalue weighted by Crippen LogP contribution is 2.25. The van der Waals surface area contributed by atoms with E-state index in [1.807, 2.05) is 0 Å². The second kappa shape index (κ2) is 6.63. The summed E-state index contributed by atoms with van der Waals surface area (Å²) in [4.78, 5) is 20.9. The molecular formula is C16H16N4O4. The third kappa shape index (κ3) is 3.04. The molecule has 0 spiro atoms. The van der Waals surface area contributed by atoms with Crippen LogP contribution < -0.4 is 4.74 Å². The molecule has 8 heteroatoms. The number of aliphatic hydroxyl groups is 1. The van der Waals surface area contributed by atoms with Gasteiger partial charge in [0.15, 0.2) is 11.6 Å². The van der Waals surface area contributed by atoms with Crippen molar-refractivity contribution in [2.75, 3.05) is 13.7 Å². The number of nitrogens with zero attached hydrogens (tertiary/aromatic N) is 4. The monoisotopic (exact) mass is 328 g/mol. The maximum atomic E-state index is 12.6. The van der Waals surface area contributed by atoms with Gasteiger partial charge in [0, 0.05) is 25.4 Å². The van der Waals surface area contributed by atoms with Gasteiger partial charge in [-0.05, 0) is 24.6 Å². The minimum Gasteiger partial charge on any atom is -0.507 e. The maximum absolute atomic E-state index is 12.6. The summed E-state index contributed by atoms with van der Waals surface area (Å²) in [5.74, 6) is 0.855. The highest BCUT2D eigenvalue weighted by Gasteiger charge is 2.17. The topological polar surface area (TPSA) is 110 Å². The van der Waals surface area contributed by atoms with E-state index in [1.165, 1.54) is 36.2 Å². The average Bonchev–Trinajstić information content (AvgIpc) is 3.01. The number of phenolic OH excluding ortho intramolecular Hbond substituents is 1. The van der Waals surface area contributed by atoms with Gasteiger partial charge in [-0.1, -0.05) is 0 Å². The SMILES string of the molecule is COc1ccc(O)c(C(=O)c2cnc3nc(CCCO)nn3c2)c1. The van der Waals surface area contributed by atoms with Crippen LogP contribution in [0.2, 0.25) is 0 Å². The molecule has 0 aliphatic rings. The highest BCUT2D eigenvalue weighted by molar-refractivity contribution is 6.10. The number of hydrogen-bond acceptors (Lipinski definition) is 7. The summed E-state index contributed by atoms with van der Waals surface area (Å²) in [6.07, 6.45) is 3.99. The van der Waals surface area contributed by atoms with Crippen molar-refractivity contribution >= 4 is 11.6 Å². The van der Waals surface area contributed by atoms with Gasteiger partial charge in [-0.25, -0.2) is 9.50 Å². The summed E-state index contributed by atoms with van der Waals surface area (Å²) in [6, 6.07) is 4.44. The highest BCUT2D eigenvalue weighted by atomic mass is 16.5. The van der Waals surface area contributed by atoms with Gasteiger partial charge in [0.1, 0.15) is 11.5 Å². The van der Waals surface area contributed by atoms with E-state index in [0.717, 1.165) is 0 Å². The molecule has 1 aromatic carbocycles. The first-order valence-corrected chi connectivity index (χ1v) is 7.36. The Kier molecular flexibility index (Phi) is 4.39. The smallest absolute Gasteiger partial charge is 0.252 e. The second-order valence-corrected chi connectivity index (χ2v) is 5.15. The first-order valence-electron chi connectivity index (χ1n) is 7.36. The van der Waals surface area contributed by atoms with Crippen LogP contribution in [0.5, 0.6) is 11.5 Å². The lowest BCUT2D eigenvalue weighted by Gasteiger charge is -2.06. The standard InChI is InChI=1S/C16H16N4O4/c1-24-11-4-5-13(22)12(7-11)15(23)10-8-17-16-18-14(3-2-6-21)19-20(16)9-10/h4-5,7-9,21-22H,2-3,6H2,1H3. The lowest BCUT2D eigenvalue weighted by molar-refractivity contribution is 0.103. The number of ether oxygens (including phenoxy) is 1. The lowest BCUT2D eigenvalue weighted by atomic mass is 10.0. The predicted octanol–water partition coefficient (Wildman–Crippen LogP) is 0.994. The molecule has 2 aromatic heterocycles. The van der Waals surface area contributed by atoms with Gasteiger partial charge in [-0.3, -0.25) is 4.79 Å². The average molecular weight is 328 g/mol. The van der Waals surface area contributed by atoms with E-state index in [1.54, 1.807) is 6.07 Å². The molecule has 0 saturated carbocycles. The second-order valence-electron chi connectivity index (χ2n) is 5.15. The predicted molar refractivity (Wildman–Crippen MR) is 84.3 cm³/mol. The Balaban J connectivity index is 1.95. The Labute approximate surface area is 137 Å². The summed E-state index contributed by atoms with van der Waals surface area (Å²) in [7, 11) is 1.48. The van der Waals surface area contributed by atoms with Crippen molar-refractivity contribution in [3.63, 3.8) is 0 Å². The van der Waals surface area contributed by atoms with Crippen LogP contribution in [0.1, 0.15) is 28.2 Å². The number of fused-ring (bicyclic) bond motifs is 1. The molecule has 0 amide bonds. The van der Waals surface area contributed by atoms with Crippen molar-refractivity contribution in [2.24, 2.45) is 0 Å². The molecule has 3 rings (SSSR count). The molecule has 2 N–H and O–H groups in total. The Hall–Kier alpha value is -3.00. The summed E-state index contributed by atoms with van der Waals surface area (Å²) >= 11 is 0. The molecule has 0 unspecified atom stereocenters. The van der Waals surface area contributed by atoms with Crippen LogP contribution >= 0.6 is 0 Å². The molecule has 0 aliphatic carbocycles. The van der Waals surface area contributed by atoms with Crippen LogP contribution in [-0.2, 0) is 6.42 Å². The molecule has 24 heavy (non-hydrogen) atoms. The van der Waals surface area contributed by atoms with Crippen molar-refractivity contribution in [3.05, 3.63) is 47.5 Å². The van der Waals surface area contributed by atoms with Gasteiger partial charge < -0.3 is 14.9 Å². The minimum atomic E-state index is -0.395. The summed E-state index contributed by atoms with van der Waals surface area (Å²) in [5.41, 5.74) is 0.390. The Morgan fingerprint density at radius 3 is 2.96 bits per heavy atom. The molecule has 3 aromatic rings. The minimum absolute atomic E-state index is 0.0574. The van der Waals surface area contributed by atoms with Crippen LogP contribution in [0.25, 0.3) is 5.78 Å². The number of ketones is 1. The summed E-state index contributed by atoms with van der Waals surface area (Å²) in [6.45, 7) is 0.0574. The first-order chi connectivity index (χ1) is 11.6. The van der Waals surface area contributed by atoms with Gasteiger partial charge in [-0.2, -0.15) is 4.98 Å². The van der Waals surface area contributed by atoms with E-state index in [0.29, 0.717) is 30.2 Å². The summed E-state index contributed by atoms with van der Waals surface area (Å²) in [5, 5.41) is 23.0. The fourth-order valence-corrected chi connectivity index (χ4v) is 2.26. The van der Waals surface area contributed by atoms with E-state index in [9.17, 15) is 9.90 Å². The molecule has 124 valence electrons. The van der Waals surface area contributed by atoms with Gasteiger partial charge in [0.05, 0.1) is 18.2 Å². The quantitative estimate of drug-likeness (QED) is 0.649. The van der Waals surface area contributed by atoms with Crippen LogP contribution in [-0.4, -0.2) is 49.3 Å². The van der Waals surface area contributed by atoms with Gasteiger partial charge >= 0.3 is 0 Å². The largest absolute Gasteiger partial charge is 0.507 e. The fourth-order valence-electron chi connectivity index (χ4n) is 2.26. The normalized spacial score (nSPS) is 10.9. The third-order valence-corrected chi connectivity index (χ3v) is 3.51. The molecule has 0 aliphatic heterocycles. The molecule has 0 radical (unpaired) electrons. The number of rotatable bonds is 6. The molecule has 0 saturated heterocycles. The van der Waals surface area contributed by atoms with Crippen molar-refractivity contribution in [3.8, 4) is 11.5 Å². The number of aliphatic hydroxyl groups excluding tert-OH is 1. The Bertz CT molecular complexity index is 891. The van der Waals surface area contributed by atoms with Gasteiger partial charge in [0.25, 0.3) is 5.78 Å². The van der Waals surface area contributed by atoms with Crippen molar-refractivity contribution in [1.82, 2.24) is 19.6 Å². The summed E-state index contributed by atoms with van der Waals surface area (Å²) < 4.78 is 6.49. The number of hydrogen-bond donors (Lipinski definition) is 2. The molecule has 0 atom stereocenters. The first kappa shape index (κ1) is 15.9. The van der Waals surface area contributed by atoms with E-state index in [-0.39, 0.29) is 23.5 Å². The number of aryl methyl sites for hydroxylation is 1. The van der Waals surface area contributed by atoms with Crippen LogP contribution in [0.4, 0.5) is 0 Å². The Morgan fingerprint density at radius 2 is 2.21 bits per heavy atom. The van der Waals surface area contributed by atoms with Gasteiger partial charge in [-0.15, -0.1) is 5.10 Å². The van der Waals surface area contributed by atoms with E-state index >= 15 is 0 Å². The zero-order valence-electron chi connectivity index (χ0n) is 13.0. The van der Waals surface area contributed by atoms with E-state index in [4.69, 9.17) is 9.84 Å². The van der Waals surface area contributed by atoms with Gasteiger partial charge in [0.2, 0.25) is 0 Å². The Morgan fingerprint density at radius 1 is 1.38 bits per heavy atom. The number of aromatic nitrogens is 4. The van der Waals surface area contributed by atoms with Crippen LogP contribution in [0.15, 0.2) is 30.6 Å². The zero-order valence-corrected chi connectivity index (χ0v) is 13.0. The van der Waals surface area contributed by atoms with Crippen LogP contribution in [0.3, 0.4) is 0 Å². The van der Waals surface area contributed by atoms with Crippen molar-refractivity contribution in [1.29, 1.82) is 0 Å². The zero-order chi connectivity index (χ0) is 17.1. The lowest BCUT2D eigenvalue weighted by Crippen LogP contribution is -2.05. The maximum Gasteiger partial charge on any atom is 0.252 e. The molecule has 0 bridgehead atoms. The number of phenols is 1. The van der Waals surface area contributed by atoms with Crippen molar-refractivity contribution in [2.45, 2.75) is 12.8 Å². The molecule has 2 heterocycles. The number of methoxy groups -OCH3 is 1.